The Balaban J connectivity index is 1.69. The van der Waals surface area contributed by atoms with Gasteiger partial charge in [-0.1, -0.05) is 24.8 Å². The van der Waals surface area contributed by atoms with Gasteiger partial charge in [0.25, 0.3) is 0 Å². The normalized spacial score (nSPS) is 12.5. The Bertz CT molecular complexity index is 890. The lowest BCUT2D eigenvalue weighted by atomic mass is 10.0. The van der Waals surface area contributed by atoms with Crippen LogP contribution in [0.25, 0.3) is 0 Å². The summed E-state index contributed by atoms with van der Waals surface area (Å²) in [7, 11) is 0. The highest BCUT2D eigenvalue weighted by atomic mass is 16.2. The molecule has 3 rings (SSSR count). The number of rotatable bonds is 5. The van der Waals surface area contributed by atoms with E-state index in [1.54, 1.807) is 30.3 Å². The Labute approximate surface area is 151 Å². The Kier molecular flexibility index (Phi) is 5.12. The maximum atomic E-state index is 12.4. The summed E-state index contributed by atoms with van der Waals surface area (Å²) < 4.78 is 0. The van der Waals surface area contributed by atoms with Gasteiger partial charge in [0.2, 0.25) is 17.7 Å². The van der Waals surface area contributed by atoms with E-state index in [0.29, 0.717) is 29.8 Å². The van der Waals surface area contributed by atoms with Gasteiger partial charge in [-0.3, -0.25) is 14.4 Å². The van der Waals surface area contributed by atoms with Gasteiger partial charge in [-0.2, -0.15) is 0 Å². The van der Waals surface area contributed by atoms with Crippen LogP contribution in [-0.4, -0.2) is 17.7 Å². The van der Waals surface area contributed by atoms with Gasteiger partial charge in [0.15, 0.2) is 0 Å². The third-order valence-electron chi connectivity index (χ3n) is 4.10. The number of benzene rings is 2. The number of carbonyl (C=O) groups excluding carboxylic acids is 3. The molecule has 1 heterocycles. The van der Waals surface area contributed by atoms with E-state index in [2.05, 4.69) is 22.5 Å². The molecule has 0 spiro atoms. The van der Waals surface area contributed by atoms with Gasteiger partial charge in [-0.05, 0) is 47.9 Å². The highest BCUT2D eigenvalue weighted by Crippen LogP contribution is 2.26. The number of hydrogen-bond donors (Lipinski definition) is 3. The molecule has 0 saturated carbocycles. The topological polar surface area (TPSA) is 87.3 Å². The summed E-state index contributed by atoms with van der Waals surface area (Å²) in [5.74, 6) is -0.507. The molecule has 0 bridgehead atoms. The van der Waals surface area contributed by atoms with E-state index in [9.17, 15) is 14.4 Å². The first kappa shape index (κ1) is 17.4. The van der Waals surface area contributed by atoms with Crippen LogP contribution in [0, 0.1) is 0 Å². The monoisotopic (exact) mass is 349 g/mol. The van der Waals surface area contributed by atoms with Gasteiger partial charge < -0.3 is 16.0 Å². The Morgan fingerprint density at radius 2 is 1.92 bits per heavy atom. The summed E-state index contributed by atoms with van der Waals surface area (Å²) in [5.41, 5.74) is 3.77. The minimum Gasteiger partial charge on any atom is -0.326 e. The number of amides is 3. The fourth-order valence-electron chi connectivity index (χ4n) is 2.82. The fourth-order valence-corrected chi connectivity index (χ4v) is 2.82. The molecule has 0 saturated heterocycles. The lowest BCUT2D eigenvalue weighted by Crippen LogP contribution is -2.20. The summed E-state index contributed by atoms with van der Waals surface area (Å²) in [6.07, 6.45) is 2.41. The van der Waals surface area contributed by atoms with Crippen LogP contribution in [0.1, 0.15) is 17.5 Å². The van der Waals surface area contributed by atoms with Gasteiger partial charge in [0.05, 0.1) is 6.42 Å². The fraction of sp³-hybridized carbons (Fsp3) is 0.150. The molecule has 0 radical (unpaired) electrons. The van der Waals surface area contributed by atoms with Crippen molar-refractivity contribution in [1.29, 1.82) is 0 Å². The molecular formula is C20H19N3O3. The molecule has 0 atom stereocenters. The second-order valence-corrected chi connectivity index (χ2v) is 6.00. The second kappa shape index (κ2) is 7.65. The third-order valence-corrected chi connectivity index (χ3v) is 4.10. The number of carbonyl (C=O) groups is 3. The van der Waals surface area contributed by atoms with Crippen molar-refractivity contribution in [2.45, 2.75) is 19.3 Å². The Morgan fingerprint density at radius 3 is 2.73 bits per heavy atom. The quantitative estimate of drug-likeness (QED) is 0.725. The van der Waals surface area contributed by atoms with Gasteiger partial charge >= 0.3 is 0 Å². The first-order chi connectivity index (χ1) is 12.5. The molecule has 2 aromatic carbocycles. The SMILES string of the molecule is C=CC(=O)Nc1ccccc1CC(=O)Nc1ccc2c(c1)CCC(=O)N2. The number of fused-ring (bicyclic) bond motifs is 1. The first-order valence-electron chi connectivity index (χ1n) is 8.29. The van der Waals surface area contributed by atoms with Crippen LogP contribution in [0.3, 0.4) is 0 Å². The van der Waals surface area contributed by atoms with Crippen molar-refractivity contribution in [2.75, 3.05) is 16.0 Å². The van der Waals surface area contributed by atoms with Crippen molar-refractivity contribution in [3.63, 3.8) is 0 Å². The average molecular weight is 349 g/mol. The standard InChI is InChI=1S/C20H19N3O3/c1-2-18(24)22-16-6-4-3-5-13(16)12-20(26)21-15-8-9-17-14(11-15)7-10-19(25)23-17/h2-6,8-9,11H,1,7,10,12H2,(H,21,26)(H,22,24)(H,23,25). The predicted molar refractivity (Wildman–Crippen MR) is 101 cm³/mol. The number of para-hydroxylation sites is 1. The highest BCUT2D eigenvalue weighted by molar-refractivity contribution is 6.00. The van der Waals surface area contributed by atoms with E-state index in [-0.39, 0.29) is 24.1 Å². The average Bonchev–Trinajstić information content (AvgIpc) is 2.63. The molecule has 0 aromatic heterocycles. The zero-order valence-electron chi connectivity index (χ0n) is 14.2. The van der Waals surface area contributed by atoms with Crippen LogP contribution in [-0.2, 0) is 27.2 Å². The highest BCUT2D eigenvalue weighted by Gasteiger charge is 2.15. The smallest absolute Gasteiger partial charge is 0.247 e. The van der Waals surface area contributed by atoms with Crippen molar-refractivity contribution >= 4 is 34.8 Å². The van der Waals surface area contributed by atoms with Gasteiger partial charge in [-0.25, -0.2) is 0 Å². The van der Waals surface area contributed by atoms with E-state index in [4.69, 9.17) is 0 Å². The molecule has 6 heteroatoms. The van der Waals surface area contributed by atoms with Crippen molar-refractivity contribution in [3.8, 4) is 0 Å². The number of anilines is 3. The zero-order valence-corrected chi connectivity index (χ0v) is 14.2. The molecule has 1 aliphatic rings. The van der Waals surface area contributed by atoms with Crippen molar-refractivity contribution in [2.24, 2.45) is 0 Å². The second-order valence-electron chi connectivity index (χ2n) is 6.00. The van der Waals surface area contributed by atoms with Crippen LogP contribution in [0.4, 0.5) is 17.1 Å². The molecule has 3 N–H and O–H groups in total. The predicted octanol–water partition coefficient (Wildman–Crippen LogP) is 2.88. The molecule has 26 heavy (non-hydrogen) atoms. The third kappa shape index (κ3) is 4.16. The Morgan fingerprint density at radius 1 is 1.12 bits per heavy atom. The van der Waals surface area contributed by atoms with Gasteiger partial charge in [0.1, 0.15) is 0 Å². The lowest BCUT2D eigenvalue weighted by molar-refractivity contribution is -0.117. The molecule has 1 aliphatic heterocycles. The Hall–Kier alpha value is -3.41. The van der Waals surface area contributed by atoms with Gasteiger partial charge in [0, 0.05) is 23.5 Å². The molecule has 0 unspecified atom stereocenters. The van der Waals surface area contributed by atoms with Crippen LogP contribution in [0.15, 0.2) is 55.1 Å². The summed E-state index contributed by atoms with van der Waals surface area (Å²) in [5, 5.41) is 8.37. The number of nitrogens with one attached hydrogen (secondary N) is 3. The van der Waals surface area contributed by atoms with Gasteiger partial charge in [-0.15, -0.1) is 0 Å². The van der Waals surface area contributed by atoms with Crippen LogP contribution in [0.2, 0.25) is 0 Å². The summed E-state index contributed by atoms with van der Waals surface area (Å²) in [6.45, 7) is 3.43. The van der Waals surface area contributed by atoms with Crippen LogP contribution >= 0.6 is 0 Å². The van der Waals surface area contributed by atoms with E-state index in [0.717, 1.165) is 11.3 Å². The first-order valence-corrected chi connectivity index (χ1v) is 8.29. The largest absolute Gasteiger partial charge is 0.326 e. The number of hydrogen-bond acceptors (Lipinski definition) is 3. The van der Waals surface area contributed by atoms with Crippen molar-refractivity contribution in [1.82, 2.24) is 0 Å². The van der Waals surface area contributed by atoms with Crippen molar-refractivity contribution < 1.29 is 14.4 Å². The van der Waals surface area contributed by atoms with Crippen molar-refractivity contribution in [3.05, 3.63) is 66.2 Å². The molecule has 0 fully saturated rings. The minimum absolute atomic E-state index is 0.00691. The summed E-state index contributed by atoms with van der Waals surface area (Å²) in [6, 6.07) is 12.6. The van der Waals surface area contributed by atoms with E-state index < -0.39 is 0 Å². The molecule has 0 aliphatic carbocycles. The van der Waals surface area contributed by atoms with Crippen LogP contribution < -0.4 is 16.0 Å². The molecule has 132 valence electrons. The maximum absolute atomic E-state index is 12.4. The molecular weight excluding hydrogens is 330 g/mol. The molecule has 6 nitrogen and oxygen atoms in total. The molecule has 2 aromatic rings. The van der Waals surface area contributed by atoms with E-state index >= 15 is 0 Å². The maximum Gasteiger partial charge on any atom is 0.247 e. The lowest BCUT2D eigenvalue weighted by Gasteiger charge is -2.18. The summed E-state index contributed by atoms with van der Waals surface area (Å²) >= 11 is 0. The molecule has 3 amide bonds. The van der Waals surface area contributed by atoms with Crippen LogP contribution in [0.5, 0.6) is 0 Å². The minimum atomic E-state index is -0.324. The van der Waals surface area contributed by atoms with E-state index in [1.165, 1.54) is 6.08 Å². The zero-order chi connectivity index (χ0) is 18.5. The van der Waals surface area contributed by atoms with E-state index in [1.807, 2.05) is 12.1 Å². The number of aryl methyl sites for hydroxylation is 1. The summed E-state index contributed by atoms with van der Waals surface area (Å²) in [4.78, 5) is 35.3.